The van der Waals surface area contributed by atoms with Gasteiger partial charge in [0.15, 0.2) is 23.6 Å². The van der Waals surface area contributed by atoms with Gasteiger partial charge in [0, 0.05) is 6.07 Å². The minimum atomic E-state index is -1.07. The van der Waals surface area contributed by atoms with Crippen LogP contribution in [0.2, 0.25) is 0 Å². The van der Waals surface area contributed by atoms with Gasteiger partial charge in [-0.2, -0.15) is 5.11 Å². The summed E-state index contributed by atoms with van der Waals surface area (Å²) in [6.07, 6.45) is 0. The minimum Gasteiger partial charge on any atom is -0.493 e. The van der Waals surface area contributed by atoms with Crippen molar-refractivity contribution >= 4 is 29.1 Å². The molecular weight excluding hydrogens is 409 g/mol. The van der Waals surface area contributed by atoms with Crippen LogP contribution in [0.4, 0.5) is 15.8 Å². The number of carbonyl (C=O) groups is 3. The summed E-state index contributed by atoms with van der Waals surface area (Å²) in [7, 11) is 2.91. The highest BCUT2D eigenvalue weighted by molar-refractivity contribution is 6.25. The lowest BCUT2D eigenvalue weighted by Gasteiger charge is -2.20. The van der Waals surface area contributed by atoms with Gasteiger partial charge in [-0.1, -0.05) is 17.4 Å². The quantitative estimate of drug-likeness (QED) is 0.703. The molecule has 0 aliphatic carbocycles. The highest BCUT2D eigenvalue weighted by Crippen LogP contribution is 2.36. The monoisotopic (exact) mass is 427 g/mol. The lowest BCUT2D eigenvalue weighted by Crippen LogP contribution is -2.43. The number of benzene rings is 2. The van der Waals surface area contributed by atoms with Crippen molar-refractivity contribution < 1.29 is 28.2 Å². The van der Waals surface area contributed by atoms with Crippen LogP contribution in [0.25, 0.3) is 0 Å². The Balaban J connectivity index is 1.52. The standard InChI is InChI=1S/C20H18FN5O5/c1-30-14-8-7-11(9-15(14)31-2)26-19(28)17-18(20(26)29)25(24-23-17)10-16(27)22-13-6-4-3-5-12(13)21/h3-9,17-18H,10H2,1-2H3,(H,22,27)/t17-,18-/m1/s1. The van der Waals surface area contributed by atoms with Gasteiger partial charge in [-0.15, -0.1) is 0 Å². The van der Waals surface area contributed by atoms with Crippen molar-refractivity contribution in [1.82, 2.24) is 5.01 Å². The average molecular weight is 427 g/mol. The number of fused-ring (bicyclic) bond motifs is 1. The van der Waals surface area contributed by atoms with Crippen LogP contribution in [-0.2, 0) is 14.4 Å². The predicted octanol–water partition coefficient (Wildman–Crippen LogP) is 1.77. The Morgan fingerprint density at radius 1 is 1.10 bits per heavy atom. The molecule has 2 aliphatic rings. The maximum absolute atomic E-state index is 13.8. The highest BCUT2D eigenvalue weighted by Gasteiger charge is 2.55. The van der Waals surface area contributed by atoms with E-state index in [0.29, 0.717) is 11.5 Å². The Morgan fingerprint density at radius 2 is 1.84 bits per heavy atom. The van der Waals surface area contributed by atoms with Gasteiger partial charge in [0.05, 0.1) is 25.6 Å². The largest absolute Gasteiger partial charge is 0.493 e. The third-order valence-electron chi connectivity index (χ3n) is 4.94. The smallest absolute Gasteiger partial charge is 0.263 e. The number of hydrogen-bond donors (Lipinski definition) is 1. The van der Waals surface area contributed by atoms with E-state index in [2.05, 4.69) is 15.7 Å². The maximum Gasteiger partial charge on any atom is 0.263 e. The molecule has 2 atom stereocenters. The van der Waals surface area contributed by atoms with E-state index in [0.717, 1.165) is 9.91 Å². The first-order chi connectivity index (χ1) is 14.9. The number of nitrogens with one attached hydrogen (secondary N) is 1. The molecule has 2 aromatic carbocycles. The molecule has 0 aromatic heterocycles. The first-order valence-corrected chi connectivity index (χ1v) is 9.26. The zero-order valence-electron chi connectivity index (χ0n) is 16.6. The van der Waals surface area contributed by atoms with E-state index in [1.807, 2.05) is 0 Å². The molecule has 0 unspecified atom stereocenters. The summed E-state index contributed by atoms with van der Waals surface area (Å²) in [5, 5.41) is 11.2. The number of hydrogen-bond acceptors (Lipinski definition) is 8. The molecule has 4 rings (SSSR count). The summed E-state index contributed by atoms with van der Waals surface area (Å²) in [5.74, 6) is -1.55. The summed E-state index contributed by atoms with van der Waals surface area (Å²) in [4.78, 5) is 39.2. The number of nitrogens with zero attached hydrogens (tertiary/aromatic N) is 4. The van der Waals surface area contributed by atoms with Gasteiger partial charge in [-0.25, -0.2) is 9.29 Å². The molecule has 0 bridgehead atoms. The van der Waals surface area contributed by atoms with Gasteiger partial charge < -0.3 is 14.8 Å². The van der Waals surface area contributed by atoms with Crippen molar-refractivity contribution in [2.24, 2.45) is 10.3 Å². The normalized spacial score (nSPS) is 19.6. The first kappa shape index (κ1) is 20.3. The van der Waals surface area contributed by atoms with Gasteiger partial charge in [0.25, 0.3) is 11.8 Å². The number of halogens is 1. The fraction of sp³-hybridized carbons (Fsp3) is 0.250. The van der Waals surface area contributed by atoms with E-state index < -0.39 is 35.6 Å². The van der Waals surface area contributed by atoms with Crippen molar-refractivity contribution in [3.63, 3.8) is 0 Å². The molecule has 2 heterocycles. The van der Waals surface area contributed by atoms with Crippen LogP contribution in [0.3, 0.4) is 0 Å². The van der Waals surface area contributed by atoms with Crippen LogP contribution in [0.5, 0.6) is 11.5 Å². The molecule has 1 N–H and O–H groups in total. The molecule has 1 fully saturated rings. The zero-order chi connectivity index (χ0) is 22.1. The van der Waals surface area contributed by atoms with E-state index >= 15 is 0 Å². The number of methoxy groups -OCH3 is 2. The molecule has 31 heavy (non-hydrogen) atoms. The Bertz CT molecular complexity index is 1090. The van der Waals surface area contributed by atoms with Crippen molar-refractivity contribution in [3.8, 4) is 11.5 Å². The maximum atomic E-state index is 13.8. The van der Waals surface area contributed by atoms with Gasteiger partial charge in [0.2, 0.25) is 5.91 Å². The lowest BCUT2D eigenvalue weighted by atomic mass is 10.1. The molecule has 0 spiro atoms. The van der Waals surface area contributed by atoms with Crippen LogP contribution < -0.4 is 19.7 Å². The minimum absolute atomic E-state index is 0.000893. The molecule has 1 saturated heterocycles. The predicted molar refractivity (Wildman–Crippen MR) is 106 cm³/mol. The zero-order valence-corrected chi connectivity index (χ0v) is 16.6. The second kappa shape index (κ2) is 8.01. The Hall–Kier alpha value is -4.02. The van der Waals surface area contributed by atoms with Crippen LogP contribution in [0.1, 0.15) is 0 Å². The van der Waals surface area contributed by atoms with Crippen LogP contribution in [-0.4, -0.2) is 55.6 Å². The number of rotatable bonds is 6. The third-order valence-corrected chi connectivity index (χ3v) is 4.94. The lowest BCUT2D eigenvalue weighted by molar-refractivity contribution is -0.123. The molecule has 160 valence electrons. The van der Waals surface area contributed by atoms with Crippen molar-refractivity contribution in [2.75, 3.05) is 31.0 Å². The summed E-state index contributed by atoms with van der Waals surface area (Å²) in [6, 6.07) is 8.18. The van der Waals surface area contributed by atoms with Gasteiger partial charge >= 0.3 is 0 Å². The van der Waals surface area contributed by atoms with E-state index in [4.69, 9.17) is 9.47 Å². The fourth-order valence-corrected chi connectivity index (χ4v) is 3.47. The fourth-order valence-electron chi connectivity index (χ4n) is 3.47. The number of anilines is 2. The van der Waals surface area contributed by atoms with E-state index in [1.54, 1.807) is 18.2 Å². The van der Waals surface area contributed by atoms with E-state index in [9.17, 15) is 18.8 Å². The molecule has 0 radical (unpaired) electrons. The Labute approximate surface area is 176 Å². The molecule has 0 saturated carbocycles. The van der Waals surface area contributed by atoms with E-state index in [1.165, 1.54) is 38.5 Å². The number of para-hydroxylation sites is 1. The topological polar surface area (TPSA) is 113 Å². The third kappa shape index (κ3) is 3.54. The molecule has 2 aliphatic heterocycles. The molecular formula is C20H18FN5O5. The summed E-state index contributed by atoms with van der Waals surface area (Å²) in [5.41, 5.74) is 0.286. The SMILES string of the molecule is COc1ccc(N2C(=O)[C@@H]3N=NN(CC(=O)Nc4ccccc4F)[C@H]3C2=O)cc1OC. The van der Waals surface area contributed by atoms with Crippen LogP contribution >= 0.6 is 0 Å². The summed E-state index contributed by atoms with van der Waals surface area (Å²) in [6.45, 7) is -0.377. The van der Waals surface area contributed by atoms with E-state index in [-0.39, 0.29) is 17.9 Å². The van der Waals surface area contributed by atoms with Crippen LogP contribution in [0.15, 0.2) is 52.8 Å². The van der Waals surface area contributed by atoms with Crippen molar-refractivity contribution in [2.45, 2.75) is 12.1 Å². The molecule has 2 aromatic rings. The summed E-state index contributed by atoms with van der Waals surface area (Å²) < 4.78 is 24.2. The molecule has 3 amide bonds. The van der Waals surface area contributed by atoms with Gasteiger partial charge in [0.1, 0.15) is 12.4 Å². The molecule has 11 heteroatoms. The number of carbonyl (C=O) groups excluding carboxylic acids is 3. The Kier molecular flexibility index (Phi) is 5.24. The van der Waals surface area contributed by atoms with Gasteiger partial charge in [-0.3, -0.25) is 19.4 Å². The average Bonchev–Trinajstić information content (AvgIpc) is 3.28. The number of imide groups is 1. The second-order valence-electron chi connectivity index (χ2n) is 6.77. The summed E-state index contributed by atoms with van der Waals surface area (Å²) >= 11 is 0. The van der Waals surface area contributed by atoms with Crippen molar-refractivity contribution in [1.29, 1.82) is 0 Å². The first-order valence-electron chi connectivity index (χ1n) is 9.26. The van der Waals surface area contributed by atoms with Crippen LogP contribution in [0, 0.1) is 5.82 Å². The second-order valence-corrected chi connectivity index (χ2v) is 6.77. The Morgan fingerprint density at radius 3 is 2.55 bits per heavy atom. The van der Waals surface area contributed by atoms with Gasteiger partial charge in [-0.05, 0) is 24.3 Å². The molecule has 10 nitrogen and oxygen atoms in total. The van der Waals surface area contributed by atoms with Crippen molar-refractivity contribution in [3.05, 3.63) is 48.3 Å². The number of amides is 3. The highest BCUT2D eigenvalue weighted by atomic mass is 19.1. The number of ether oxygens (including phenoxy) is 2.